The first-order chi connectivity index (χ1) is 13.1. The van der Waals surface area contributed by atoms with E-state index in [9.17, 15) is 4.79 Å². The van der Waals surface area contributed by atoms with Crippen molar-refractivity contribution in [1.29, 1.82) is 0 Å². The molecule has 0 unspecified atom stereocenters. The second-order valence-electron chi connectivity index (χ2n) is 7.23. The molecule has 1 aromatic heterocycles. The zero-order valence-electron chi connectivity index (χ0n) is 15.4. The fourth-order valence-electron chi connectivity index (χ4n) is 3.72. The van der Waals surface area contributed by atoms with Crippen molar-refractivity contribution in [3.63, 3.8) is 0 Å². The second-order valence-corrected chi connectivity index (χ2v) is 7.67. The van der Waals surface area contributed by atoms with E-state index in [2.05, 4.69) is 16.0 Å². The highest BCUT2D eigenvalue weighted by molar-refractivity contribution is 6.30. The average molecular weight is 383 g/mol. The Labute approximate surface area is 163 Å². The van der Waals surface area contributed by atoms with Crippen molar-refractivity contribution >= 4 is 22.4 Å². The maximum absolute atomic E-state index is 11.9. The molecule has 1 aliphatic heterocycles. The number of nitrogens with one attached hydrogen (secondary N) is 1. The highest BCUT2D eigenvalue weighted by atomic mass is 35.5. The van der Waals surface area contributed by atoms with E-state index >= 15 is 0 Å². The fourth-order valence-corrected chi connectivity index (χ4v) is 3.93. The highest BCUT2D eigenvalue weighted by Gasteiger charge is 2.21. The molecule has 2 aromatic carbocycles. The van der Waals surface area contributed by atoms with Crippen molar-refractivity contribution in [3.8, 4) is 5.75 Å². The number of aromatic nitrogens is 1. The van der Waals surface area contributed by atoms with Crippen molar-refractivity contribution in [2.75, 3.05) is 13.1 Å². The van der Waals surface area contributed by atoms with Gasteiger partial charge in [-0.2, -0.15) is 0 Å². The van der Waals surface area contributed by atoms with Gasteiger partial charge >= 0.3 is 0 Å². The molecule has 1 N–H and O–H groups in total. The summed E-state index contributed by atoms with van der Waals surface area (Å²) in [5, 5.41) is 2.45. The van der Waals surface area contributed by atoms with Gasteiger partial charge in [0.15, 0.2) is 0 Å². The number of nitrogens with zero attached hydrogens (tertiary/aromatic N) is 1. The van der Waals surface area contributed by atoms with Crippen LogP contribution in [0.15, 0.2) is 53.5 Å². The second kappa shape index (κ2) is 7.75. The number of fused-ring (bicyclic) bond motifs is 1. The Bertz CT molecular complexity index is 1010. The molecule has 1 fully saturated rings. The Hall–Kier alpha value is -2.30. The minimum absolute atomic E-state index is 0.0588. The number of halogens is 1. The van der Waals surface area contributed by atoms with Crippen LogP contribution in [0.1, 0.15) is 24.0 Å². The molecular formula is C22H23ClN2O2. The minimum Gasteiger partial charge on any atom is -0.490 e. The number of ether oxygens (including phenoxy) is 1. The summed E-state index contributed by atoms with van der Waals surface area (Å²) in [7, 11) is 0. The molecule has 4 rings (SSSR count). The third-order valence-corrected chi connectivity index (χ3v) is 5.45. The number of hydrogen-bond acceptors (Lipinski definition) is 3. The maximum atomic E-state index is 11.9. The molecular weight excluding hydrogens is 360 g/mol. The van der Waals surface area contributed by atoms with Gasteiger partial charge in [-0.25, -0.2) is 0 Å². The van der Waals surface area contributed by atoms with Crippen LogP contribution in [0.4, 0.5) is 0 Å². The van der Waals surface area contributed by atoms with Crippen LogP contribution < -0.4 is 10.3 Å². The van der Waals surface area contributed by atoms with Crippen LogP contribution in [0.2, 0.25) is 5.02 Å². The Balaban J connectivity index is 1.38. The van der Waals surface area contributed by atoms with Crippen LogP contribution in [0.5, 0.6) is 5.75 Å². The van der Waals surface area contributed by atoms with Gasteiger partial charge in [0, 0.05) is 36.2 Å². The molecule has 0 atom stereocenters. The van der Waals surface area contributed by atoms with Gasteiger partial charge in [-0.1, -0.05) is 23.7 Å². The predicted molar refractivity (Wildman–Crippen MR) is 110 cm³/mol. The number of pyridine rings is 1. The Morgan fingerprint density at radius 2 is 1.96 bits per heavy atom. The van der Waals surface area contributed by atoms with Gasteiger partial charge in [0.25, 0.3) is 5.56 Å². The van der Waals surface area contributed by atoms with E-state index in [4.69, 9.17) is 16.3 Å². The lowest BCUT2D eigenvalue weighted by Gasteiger charge is -2.32. The number of H-pyrrole nitrogens is 1. The summed E-state index contributed by atoms with van der Waals surface area (Å²) < 4.78 is 6.22. The molecule has 0 bridgehead atoms. The van der Waals surface area contributed by atoms with Crippen molar-refractivity contribution < 1.29 is 4.74 Å². The molecule has 1 saturated heterocycles. The molecule has 0 saturated carbocycles. The smallest absolute Gasteiger partial charge is 0.255 e. The van der Waals surface area contributed by atoms with Crippen LogP contribution in [-0.4, -0.2) is 29.1 Å². The third-order valence-electron chi connectivity index (χ3n) is 5.21. The number of piperidine rings is 1. The Kier molecular flexibility index (Phi) is 5.19. The standard InChI is InChI=1S/C22H23ClN2O2/c1-15-13-24-22(26)20-6-5-19(12-21(15)20)27-18-7-9-25(10-8-18)14-16-3-2-4-17(23)11-16/h2-6,11-13,18H,7-10,14H2,1H3,(H,24,26). The monoisotopic (exact) mass is 382 g/mol. The van der Waals surface area contributed by atoms with E-state index in [1.54, 1.807) is 6.20 Å². The summed E-state index contributed by atoms with van der Waals surface area (Å²) in [5.41, 5.74) is 2.24. The number of aryl methyl sites for hydroxylation is 1. The van der Waals surface area contributed by atoms with Crippen molar-refractivity contribution in [2.45, 2.75) is 32.4 Å². The molecule has 5 heteroatoms. The lowest BCUT2D eigenvalue weighted by molar-refractivity contribution is 0.0969. The summed E-state index contributed by atoms with van der Waals surface area (Å²) >= 11 is 6.08. The highest BCUT2D eigenvalue weighted by Crippen LogP contribution is 2.25. The van der Waals surface area contributed by atoms with Gasteiger partial charge in [-0.05, 0) is 66.6 Å². The van der Waals surface area contributed by atoms with Crippen LogP contribution in [0.3, 0.4) is 0 Å². The predicted octanol–water partition coefficient (Wildman–Crippen LogP) is 4.53. The van der Waals surface area contributed by atoms with E-state index in [1.807, 2.05) is 43.3 Å². The zero-order valence-corrected chi connectivity index (χ0v) is 16.1. The molecule has 0 amide bonds. The fraction of sp³-hybridized carbons (Fsp3) is 0.318. The molecule has 0 spiro atoms. The molecule has 140 valence electrons. The molecule has 3 aromatic rings. The number of rotatable bonds is 4. The summed E-state index contributed by atoms with van der Waals surface area (Å²) in [6, 6.07) is 13.8. The van der Waals surface area contributed by atoms with Crippen molar-refractivity contribution in [1.82, 2.24) is 9.88 Å². The van der Waals surface area contributed by atoms with Crippen molar-refractivity contribution in [2.24, 2.45) is 0 Å². The van der Waals surface area contributed by atoms with Crippen LogP contribution in [0, 0.1) is 6.92 Å². The largest absolute Gasteiger partial charge is 0.490 e. The van der Waals surface area contributed by atoms with Gasteiger partial charge in [0.2, 0.25) is 0 Å². The van der Waals surface area contributed by atoms with E-state index in [-0.39, 0.29) is 11.7 Å². The Morgan fingerprint density at radius 3 is 2.74 bits per heavy atom. The Morgan fingerprint density at radius 1 is 1.15 bits per heavy atom. The van der Waals surface area contributed by atoms with Gasteiger partial charge < -0.3 is 9.72 Å². The molecule has 27 heavy (non-hydrogen) atoms. The van der Waals surface area contributed by atoms with Gasteiger partial charge in [-0.15, -0.1) is 0 Å². The number of benzene rings is 2. The normalized spacial score (nSPS) is 15.9. The zero-order chi connectivity index (χ0) is 18.8. The average Bonchev–Trinajstić information content (AvgIpc) is 2.67. The number of aromatic amines is 1. The molecule has 1 aliphatic rings. The van der Waals surface area contributed by atoms with E-state index < -0.39 is 0 Å². The summed E-state index contributed by atoms with van der Waals surface area (Å²) in [6.07, 6.45) is 3.95. The van der Waals surface area contributed by atoms with Crippen molar-refractivity contribution in [3.05, 3.63) is 75.2 Å². The van der Waals surface area contributed by atoms with Gasteiger partial charge in [0.1, 0.15) is 11.9 Å². The van der Waals surface area contributed by atoms with Gasteiger partial charge in [-0.3, -0.25) is 9.69 Å². The van der Waals surface area contributed by atoms with E-state index in [1.165, 1.54) is 5.56 Å². The van der Waals surface area contributed by atoms with E-state index in [0.717, 1.165) is 54.2 Å². The molecule has 2 heterocycles. The van der Waals surface area contributed by atoms with Crippen LogP contribution in [0.25, 0.3) is 10.8 Å². The maximum Gasteiger partial charge on any atom is 0.255 e. The summed E-state index contributed by atoms with van der Waals surface area (Å²) in [5.74, 6) is 0.837. The first-order valence-electron chi connectivity index (χ1n) is 9.34. The van der Waals surface area contributed by atoms with Gasteiger partial charge in [0.05, 0.1) is 0 Å². The SMILES string of the molecule is Cc1c[nH]c(=O)c2ccc(OC3CCN(Cc4cccc(Cl)c4)CC3)cc12. The summed E-state index contributed by atoms with van der Waals surface area (Å²) in [4.78, 5) is 17.1. The molecule has 0 aliphatic carbocycles. The van der Waals surface area contributed by atoms with E-state index in [0.29, 0.717) is 5.39 Å². The first kappa shape index (κ1) is 18.1. The van der Waals surface area contributed by atoms with Crippen LogP contribution >= 0.6 is 11.6 Å². The lowest BCUT2D eigenvalue weighted by atomic mass is 10.1. The minimum atomic E-state index is -0.0588. The molecule has 4 nitrogen and oxygen atoms in total. The topological polar surface area (TPSA) is 45.3 Å². The third kappa shape index (κ3) is 4.18. The number of hydrogen-bond donors (Lipinski definition) is 1. The lowest BCUT2D eigenvalue weighted by Crippen LogP contribution is -2.37. The quantitative estimate of drug-likeness (QED) is 0.720. The first-order valence-corrected chi connectivity index (χ1v) is 9.72. The van der Waals surface area contributed by atoms with Crippen LogP contribution in [-0.2, 0) is 6.54 Å². The molecule has 0 radical (unpaired) electrons. The summed E-state index contributed by atoms with van der Waals surface area (Å²) in [6.45, 7) is 4.93. The number of likely N-dealkylation sites (tertiary alicyclic amines) is 1.